The lowest BCUT2D eigenvalue weighted by Crippen LogP contribution is -2.57. The first-order chi connectivity index (χ1) is 68.6. The van der Waals surface area contributed by atoms with Gasteiger partial charge < -0.3 is 39.2 Å². The molecule has 3 aromatic heterocycles. The summed E-state index contributed by atoms with van der Waals surface area (Å²) >= 11 is 3.20. The standard InChI is InChI=1S/C73H4.C13H18N2O3.C8H10N2O.C8H15NO3.C5H4BrN.H23P21/c1-3-5-7-9-11-13-15-17-19-21-23-25-27-29-31-33-35-37-39-41-43-45-47-49-51-53-55-57-59-61-63-65-67-69-71-73-72-70-68-66-64-62-60-58-56-54-52-50-48-46-44-42-40-38-36-34-32-30-28-26-24-22-20-18-16-14-12-10-8-6-4-2;1-13(2,3)18-12(16)15-8-10(9-15)17-11-6-4-5-7-14-11;1-2-4-10-8(3-1)11-7-5-9-6-7;1-8(2,3)12-7(11)9-4-6(10)5-9;6-5-3-1-2-4-7-5;1-12-18(13(2)3)21(19(14(4)5)15(6)7)20(16(8)9)17(10)11/h1H,2H3;4-7,10H,8-9H2,1-3H3;1-4,7,9H,5-6H2;6,10H,4-5H2,1-3H3;1-4H;12H,1-11H2. The summed E-state index contributed by atoms with van der Waals surface area (Å²) in [4.78, 5) is 38.0. The van der Waals surface area contributed by atoms with Crippen molar-refractivity contribution >= 4 is 197 Å². The van der Waals surface area contributed by atoms with E-state index in [-0.39, 0.29) is 87.3 Å². The number of aromatic nitrogens is 3. The monoisotopic (exact) mass is 2280 g/mol. The molecule has 2 amide bonds. The van der Waals surface area contributed by atoms with Crippen LogP contribution in [-0.4, -0.2) is 111 Å². The number of hydrogen-bond acceptors (Lipinski definition) is 11. The molecule has 35 heteroatoms. The number of aliphatic hydroxyl groups excluding tert-OH is 1. The summed E-state index contributed by atoms with van der Waals surface area (Å²) in [7, 11) is 35.9. The molecule has 2 N–H and O–H groups in total. The highest BCUT2D eigenvalue weighted by atomic mass is 79.9. The van der Waals surface area contributed by atoms with Crippen LogP contribution >= 0.6 is 185 Å². The normalized spacial score (nSPS) is 9.74. The van der Waals surface area contributed by atoms with Gasteiger partial charge in [0, 0.05) is 364 Å². The number of β-amino-alcohol motifs (C(OH)–C–C–N with tert-alkyl or cyclic N) is 1. The summed E-state index contributed by atoms with van der Waals surface area (Å²) in [6.07, 6.45) is 9.44. The molecule has 13 atom stereocenters. The minimum Gasteiger partial charge on any atom is -0.472 e. The van der Waals surface area contributed by atoms with E-state index in [2.05, 4.69) is 555 Å². The number of pyridine rings is 3. The fourth-order valence-electron chi connectivity index (χ4n) is 7.02. The van der Waals surface area contributed by atoms with Crippen molar-refractivity contribution in [2.75, 3.05) is 39.3 Å². The van der Waals surface area contributed by atoms with Gasteiger partial charge >= 0.3 is 12.2 Å². The highest BCUT2D eigenvalue weighted by molar-refractivity contribution is 9.37. The van der Waals surface area contributed by atoms with Crippen molar-refractivity contribution < 1.29 is 33.6 Å². The topological polar surface area (TPSA) is 148 Å². The number of halogens is 1. The zero-order valence-electron chi connectivity index (χ0n) is 76.4. The molecule has 0 aromatic carbocycles. The number of ether oxygens (including phenoxy) is 4. The van der Waals surface area contributed by atoms with E-state index in [4.69, 9.17) is 30.5 Å². The maximum Gasteiger partial charge on any atom is 0.410 e. The molecule has 3 fully saturated rings. The van der Waals surface area contributed by atoms with Crippen LogP contribution in [0.15, 0.2) is 77.8 Å². The van der Waals surface area contributed by atoms with E-state index >= 15 is 0 Å². The summed E-state index contributed by atoms with van der Waals surface area (Å²) in [5.74, 6) is 178. The average Bonchev–Trinajstić information content (AvgIpc) is 0.800. The second-order valence-electron chi connectivity index (χ2n) is 25.2. The largest absolute Gasteiger partial charge is 0.472 e. The third-order valence-electron chi connectivity index (χ3n) is 12.3. The van der Waals surface area contributed by atoms with E-state index in [9.17, 15) is 9.59 Å². The molecule has 0 radical (unpaired) electrons. The first kappa shape index (κ1) is 129. The van der Waals surface area contributed by atoms with Crippen LogP contribution in [0.5, 0.6) is 11.8 Å². The zero-order valence-corrected chi connectivity index (χ0v) is 99.7. The predicted molar refractivity (Wildman–Crippen MR) is 648 cm³/mol. The number of nitrogens with zero attached hydrogens (tertiary/aromatic N) is 5. The number of likely N-dealkylation sites (tertiary alicyclic amines) is 2. The quantitative estimate of drug-likeness (QED) is 0.0957. The second kappa shape index (κ2) is 89.1. The lowest BCUT2D eigenvalue weighted by atomic mass is 10.2. The summed E-state index contributed by atoms with van der Waals surface area (Å²) < 4.78 is 22.3. The Morgan fingerprint density at radius 2 is 0.577 bits per heavy atom. The molecule has 3 aliphatic rings. The molecular weight excluding hydrogens is 2210 g/mol. The van der Waals surface area contributed by atoms with Crippen molar-refractivity contribution in [3.63, 3.8) is 0 Å². The number of carbonyl (C=O) groups is 2. The SMILES string of the molecule is Brc1ccccn1.C#CC#CC#CC#CC#CC#CC#CC#CC#CC#CC#CC#CC#CC#CC#CC#CC#CC#CC#CC#CC#CC#CC#CC#CC#CC#CC#CC#CC#CC#CC#CC#CC#CC#CC#CC#CC.CC(C)(C)OC(=O)N1CC(O)C1.CC(C)(C)OC(=O)N1CC(Oc2ccccn2)C1.PPP(P(P)P)P(P(P(P)P)P(P)P)P(P(P)P)P(P)P.c1ccc(OC2CNC2)nc1. The van der Waals surface area contributed by atoms with E-state index in [0.717, 1.165) is 31.5 Å². The summed E-state index contributed by atoms with van der Waals surface area (Å²) in [5, 5.41) is 12.0. The van der Waals surface area contributed by atoms with Crippen LogP contribution < -0.4 is 14.8 Å². The van der Waals surface area contributed by atoms with Crippen molar-refractivity contribution in [1.29, 1.82) is 0 Å². The molecule has 0 spiro atoms. The van der Waals surface area contributed by atoms with Gasteiger partial charge in [-0.25, -0.2) is 24.5 Å². The van der Waals surface area contributed by atoms with Crippen LogP contribution in [0.3, 0.4) is 0 Å². The van der Waals surface area contributed by atoms with Gasteiger partial charge in [0.2, 0.25) is 11.8 Å². The number of rotatable bonds is 13. The van der Waals surface area contributed by atoms with Crippen molar-refractivity contribution in [3.8, 4) is 439 Å². The van der Waals surface area contributed by atoms with E-state index in [1.807, 2.05) is 90.1 Å². The number of carbonyl (C=O) groups excluding carboxylic acids is 2. The number of aliphatic hydroxyl groups is 1. The molecule has 686 valence electrons. The molecule has 3 saturated heterocycles. The van der Waals surface area contributed by atoms with Gasteiger partial charge in [-0.15, -0.1) is 105 Å². The Kier molecular flexibility index (Phi) is 81.0. The van der Waals surface area contributed by atoms with E-state index in [1.165, 1.54) is 4.90 Å². The average molecular weight is 2290 g/mol. The lowest BCUT2D eigenvalue weighted by Gasteiger charge is -2.46. The Balaban J connectivity index is 0.00000113. The molecule has 13 nitrogen and oxygen atoms in total. The maximum atomic E-state index is 11.7. The predicted octanol–water partition coefficient (Wildman–Crippen LogP) is 17.6. The maximum absolute atomic E-state index is 11.7. The summed E-state index contributed by atoms with van der Waals surface area (Å²) in [6, 6.07) is 16.9. The Bertz CT molecular complexity index is 7520. The molecule has 3 aliphatic heterocycles. The summed E-state index contributed by atoms with van der Waals surface area (Å²) in [5.41, 5.74) is -0.901. The molecule has 6 heterocycles. The van der Waals surface area contributed by atoms with E-state index in [0.29, 0.717) is 38.2 Å². The number of amides is 2. The van der Waals surface area contributed by atoms with Crippen molar-refractivity contribution in [3.05, 3.63) is 77.8 Å². The molecule has 142 heavy (non-hydrogen) atoms. The fourth-order valence-corrected chi connectivity index (χ4v) is 259. The Morgan fingerprint density at radius 3 is 0.739 bits per heavy atom. The minimum absolute atomic E-state index is 0.00687. The van der Waals surface area contributed by atoms with E-state index < -0.39 is 11.2 Å². The first-order valence-corrected chi connectivity index (χ1v) is 77.1. The van der Waals surface area contributed by atoms with Crippen molar-refractivity contribution in [1.82, 2.24) is 30.1 Å². The smallest absolute Gasteiger partial charge is 0.410 e. The van der Waals surface area contributed by atoms with Crippen LogP contribution in [0.25, 0.3) is 0 Å². The van der Waals surface area contributed by atoms with Gasteiger partial charge in [-0.1, -0.05) is 32.1 Å². The van der Waals surface area contributed by atoms with Gasteiger partial charge in [0.1, 0.15) is 28.0 Å². The van der Waals surface area contributed by atoms with Crippen LogP contribution in [0, 0.1) is 427 Å². The molecule has 0 bridgehead atoms. The molecule has 0 saturated carbocycles. The highest BCUT2D eigenvalue weighted by Gasteiger charge is 2.43. The fraction of sp³-hybridized carbons (Fsp3) is 0.168. The summed E-state index contributed by atoms with van der Waals surface area (Å²) in [6.45, 7) is 17.3. The van der Waals surface area contributed by atoms with Gasteiger partial charge in [-0.3, -0.25) is 0 Å². The van der Waals surface area contributed by atoms with Crippen LogP contribution in [-0.2, 0) is 9.47 Å². The Morgan fingerprint density at radius 1 is 0.352 bits per heavy atom. The Hall–Kier alpha value is -10.8. The van der Waals surface area contributed by atoms with Gasteiger partial charge in [-0.05, 0) is 246 Å². The highest BCUT2D eigenvalue weighted by Crippen LogP contribution is 3.31. The second-order valence-corrected chi connectivity index (χ2v) is 107. The lowest BCUT2D eigenvalue weighted by molar-refractivity contribution is -0.0303. The molecular formula is C107H74BrN6O7P21. The first-order valence-electron chi connectivity index (χ1n) is 38.7. The Labute approximate surface area is 886 Å². The number of terminal acetylenes is 1. The third kappa shape index (κ3) is 77.8. The van der Waals surface area contributed by atoms with Crippen molar-refractivity contribution in [2.24, 2.45) is 0 Å². The third-order valence-corrected chi connectivity index (χ3v) is 145. The minimum atomic E-state index is -0.454. The van der Waals surface area contributed by atoms with Crippen molar-refractivity contribution in [2.45, 2.75) is 78.0 Å². The van der Waals surface area contributed by atoms with Crippen LogP contribution in [0.1, 0.15) is 48.5 Å². The molecule has 6 rings (SSSR count). The molecule has 13 unspecified atom stereocenters. The van der Waals surface area contributed by atoms with Gasteiger partial charge in [0.05, 0.1) is 32.3 Å². The van der Waals surface area contributed by atoms with Gasteiger partial charge in [0.25, 0.3) is 0 Å². The van der Waals surface area contributed by atoms with Gasteiger partial charge in [-0.2, -0.15) is 0 Å². The van der Waals surface area contributed by atoms with Crippen LogP contribution in [0.4, 0.5) is 9.59 Å². The zero-order chi connectivity index (χ0) is 104. The number of hydrogen-bond donors (Lipinski definition) is 2. The molecule has 0 aliphatic carbocycles. The number of nitrogens with one attached hydrogen (secondary N) is 1. The van der Waals surface area contributed by atoms with E-state index in [1.54, 1.807) is 36.5 Å². The van der Waals surface area contributed by atoms with Crippen LogP contribution in [0.2, 0.25) is 0 Å². The van der Waals surface area contributed by atoms with Gasteiger partial charge in [0.15, 0.2) is 0 Å². The molecule has 3 aromatic rings.